The number of hydrogen-bond acceptors (Lipinski definition) is 4. The summed E-state index contributed by atoms with van der Waals surface area (Å²) in [6, 6.07) is 1.11. The monoisotopic (exact) mass is 378 g/mol. The number of H-pyrrole nitrogens is 1. The molecular formula is C15H27ClN4O3S. The second-order valence-corrected chi connectivity index (χ2v) is 7.66. The van der Waals surface area contributed by atoms with E-state index in [1.165, 1.54) is 12.3 Å². The van der Waals surface area contributed by atoms with Crippen LogP contribution in [0, 0.1) is 0 Å². The molecule has 1 atom stereocenters. The van der Waals surface area contributed by atoms with Gasteiger partial charge in [0.15, 0.2) is 0 Å². The Morgan fingerprint density at radius 1 is 1.42 bits per heavy atom. The summed E-state index contributed by atoms with van der Waals surface area (Å²) in [5.74, 6) is -0.148. The van der Waals surface area contributed by atoms with Crippen LogP contribution in [0.25, 0.3) is 0 Å². The third-order valence-corrected chi connectivity index (χ3v) is 5.60. The zero-order valence-electron chi connectivity index (χ0n) is 14.0. The molecule has 1 amide bonds. The molecule has 1 aliphatic rings. The van der Waals surface area contributed by atoms with Gasteiger partial charge in [-0.1, -0.05) is 19.8 Å². The van der Waals surface area contributed by atoms with Gasteiger partial charge in [-0.25, -0.2) is 13.1 Å². The number of sulfonamides is 1. The number of carbonyl (C=O) groups excluding carboxylic acids is 1. The van der Waals surface area contributed by atoms with Crippen molar-refractivity contribution in [3.63, 3.8) is 0 Å². The third-order valence-electron chi connectivity index (χ3n) is 4.10. The van der Waals surface area contributed by atoms with Crippen LogP contribution in [0.3, 0.4) is 0 Å². The van der Waals surface area contributed by atoms with Gasteiger partial charge in [-0.15, -0.1) is 12.4 Å². The minimum absolute atomic E-state index is 0. The fourth-order valence-electron chi connectivity index (χ4n) is 2.71. The summed E-state index contributed by atoms with van der Waals surface area (Å²) in [5, 5.41) is 0. The molecule has 1 fully saturated rings. The van der Waals surface area contributed by atoms with Crippen molar-refractivity contribution in [1.82, 2.24) is 14.6 Å². The number of halogens is 1. The van der Waals surface area contributed by atoms with Crippen LogP contribution < -0.4 is 10.5 Å². The van der Waals surface area contributed by atoms with Crippen LogP contribution in [0.15, 0.2) is 17.2 Å². The molecule has 0 aliphatic carbocycles. The molecule has 9 heteroatoms. The summed E-state index contributed by atoms with van der Waals surface area (Å²) in [5.41, 5.74) is 5.95. The van der Waals surface area contributed by atoms with E-state index in [1.807, 2.05) is 6.92 Å². The van der Waals surface area contributed by atoms with Crippen molar-refractivity contribution in [3.05, 3.63) is 18.0 Å². The SMILES string of the molecule is CCCCC(CN)NS(=O)(=O)c1c[nH]c(C(=O)N2CCCC2)c1.Cl. The number of carbonyl (C=O) groups is 1. The molecule has 0 spiro atoms. The van der Waals surface area contributed by atoms with Crippen LogP contribution in [0.5, 0.6) is 0 Å². The summed E-state index contributed by atoms with van der Waals surface area (Å²) in [6.07, 6.45) is 5.95. The first-order chi connectivity index (χ1) is 11.0. The normalized spacial score (nSPS) is 16.0. The van der Waals surface area contributed by atoms with Crippen molar-refractivity contribution in [2.45, 2.75) is 50.0 Å². The van der Waals surface area contributed by atoms with Gasteiger partial charge in [0.1, 0.15) is 10.6 Å². The summed E-state index contributed by atoms with van der Waals surface area (Å²) < 4.78 is 27.4. The summed E-state index contributed by atoms with van der Waals surface area (Å²) in [7, 11) is -3.67. The lowest BCUT2D eigenvalue weighted by Gasteiger charge is -2.16. The third kappa shape index (κ3) is 5.20. The van der Waals surface area contributed by atoms with E-state index in [0.29, 0.717) is 12.1 Å². The molecule has 2 heterocycles. The van der Waals surface area contributed by atoms with Crippen molar-refractivity contribution < 1.29 is 13.2 Å². The minimum atomic E-state index is -3.67. The van der Waals surface area contributed by atoms with Gasteiger partial charge in [-0.2, -0.15) is 0 Å². The van der Waals surface area contributed by atoms with Gasteiger partial charge < -0.3 is 15.6 Å². The topological polar surface area (TPSA) is 108 Å². The van der Waals surface area contributed by atoms with E-state index in [2.05, 4.69) is 9.71 Å². The van der Waals surface area contributed by atoms with E-state index in [4.69, 9.17) is 5.73 Å². The average molecular weight is 379 g/mol. The van der Waals surface area contributed by atoms with Crippen LogP contribution in [-0.2, 0) is 10.0 Å². The molecule has 1 aromatic rings. The lowest BCUT2D eigenvalue weighted by atomic mass is 10.1. The van der Waals surface area contributed by atoms with Gasteiger partial charge in [-0.3, -0.25) is 4.79 Å². The first-order valence-corrected chi connectivity index (χ1v) is 9.66. The van der Waals surface area contributed by atoms with Crippen molar-refractivity contribution in [2.24, 2.45) is 5.73 Å². The molecule has 1 aromatic heterocycles. The molecule has 0 aromatic carbocycles. The van der Waals surface area contributed by atoms with Crippen LogP contribution in [0.2, 0.25) is 0 Å². The maximum atomic E-state index is 12.4. The lowest BCUT2D eigenvalue weighted by Crippen LogP contribution is -2.40. The van der Waals surface area contributed by atoms with E-state index in [9.17, 15) is 13.2 Å². The number of nitrogens with two attached hydrogens (primary N) is 1. The number of likely N-dealkylation sites (tertiary alicyclic amines) is 1. The van der Waals surface area contributed by atoms with Crippen molar-refractivity contribution in [2.75, 3.05) is 19.6 Å². The Balaban J connectivity index is 0.00000288. The number of aromatic amines is 1. The molecule has 0 saturated carbocycles. The van der Waals surface area contributed by atoms with Crippen LogP contribution in [0.4, 0.5) is 0 Å². The van der Waals surface area contributed by atoms with E-state index in [0.717, 1.165) is 38.8 Å². The van der Waals surface area contributed by atoms with E-state index in [-0.39, 0.29) is 35.8 Å². The number of amides is 1. The molecule has 24 heavy (non-hydrogen) atoms. The number of rotatable bonds is 8. The first kappa shape index (κ1) is 21.0. The molecule has 138 valence electrons. The number of hydrogen-bond donors (Lipinski definition) is 3. The first-order valence-electron chi connectivity index (χ1n) is 8.18. The Bertz CT molecular complexity index is 626. The molecule has 0 radical (unpaired) electrons. The Kier molecular flexibility index (Phi) is 8.21. The maximum absolute atomic E-state index is 12.4. The predicted molar refractivity (Wildman–Crippen MR) is 95.9 cm³/mol. The average Bonchev–Trinajstić information content (AvgIpc) is 3.21. The minimum Gasteiger partial charge on any atom is -0.356 e. The van der Waals surface area contributed by atoms with Gasteiger partial charge in [-0.05, 0) is 25.3 Å². The summed E-state index contributed by atoms with van der Waals surface area (Å²) in [4.78, 5) is 16.9. The highest BCUT2D eigenvalue weighted by molar-refractivity contribution is 7.89. The van der Waals surface area contributed by atoms with Gasteiger partial charge in [0.2, 0.25) is 10.0 Å². The molecule has 1 saturated heterocycles. The van der Waals surface area contributed by atoms with E-state index >= 15 is 0 Å². The highest BCUT2D eigenvalue weighted by Crippen LogP contribution is 2.16. The predicted octanol–water partition coefficient (Wildman–Crippen LogP) is 1.47. The number of nitrogens with zero attached hydrogens (tertiary/aromatic N) is 1. The highest BCUT2D eigenvalue weighted by Gasteiger charge is 2.25. The quantitative estimate of drug-likeness (QED) is 0.636. The van der Waals surface area contributed by atoms with Gasteiger partial charge >= 0.3 is 0 Å². The van der Waals surface area contributed by atoms with Gasteiger partial charge in [0.25, 0.3) is 5.91 Å². The van der Waals surface area contributed by atoms with Crippen LogP contribution in [0.1, 0.15) is 49.5 Å². The smallest absolute Gasteiger partial charge is 0.270 e. The van der Waals surface area contributed by atoms with Crippen molar-refractivity contribution >= 4 is 28.3 Å². The van der Waals surface area contributed by atoms with Crippen molar-refractivity contribution in [3.8, 4) is 0 Å². The number of unbranched alkanes of at least 4 members (excludes halogenated alkanes) is 1. The van der Waals surface area contributed by atoms with Gasteiger partial charge in [0.05, 0.1) is 0 Å². The molecule has 0 bridgehead atoms. The van der Waals surface area contributed by atoms with Crippen molar-refractivity contribution in [1.29, 1.82) is 0 Å². The Morgan fingerprint density at radius 2 is 2.08 bits per heavy atom. The zero-order chi connectivity index (χ0) is 16.9. The fraction of sp³-hybridized carbons (Fsp3) is 0.667. The zero-order valence-corrected chi connectivity index (χ0v) is 15.6. The van der Waals surface area contributed by atoms with Crippen LogP contribution >= 0.6 is 12.4 Å². The molecule has 2 rings (SSSR count). The molecule has 4 N–H and O–H groups in total. The number of nitrogens with one attached hydrogen (secondary N) is 2. The van der Waals surface area contributed by atoms with E-state index < -0.39 is 10.0 Å². The molecular weight excluding hydrogens is 352 g/mol. The Labute approximate surface area is 149 Å². The standard InChI is InChI=1S/C15H26N4O3S.ClH/c1-2-3-6-12(10-16)18-23(21,22)13-9-14(17-11-13)15(20)19-7-4-5-8-19;/h9,11-12,17-18H,2-8,10,16H2,1H3;1H. The van der Waals surface area contributed by atoms with Gasteiger partial charge in [0, 0.05) is 31.9 Å². The second kappa shape index (κ2) is 9.41. The molecule has 7 nitrogen and oxygen atoms in total. The largest absolute Gasteiger partial charge is 0.356 e. The maximum Gasteiger partial charge on any atom is 0.270 e. The number of aromatic nitrogens is 1. The van der Waals surface area contributed by atoms with Crippen LogP contribution in [-0.4, -0.2) is 49.9 Å². The summed E-state index contributed by atoms with van der Waals surface area (Å²) in [6.45, 7) is 3.75. The lowest BCUT2D eigenvalue weighted by molar-refractivity contribution is 0.0787. The Morgan fingerprint density at radius 3 is 2.67 bits per heavy atom. The molecule has 1 aliphatic heterocycles. The van der Waals surface area contributed by atoms with E-state index in [1.54, 1.807) is 4.90 Å². The summed E-state index contributed by atoms with van der Waals surface area (Å²) >= 11 is 0. The Hall–Kier alpha value is -1.09. The molecule has 1 unspecified atom stereocenters. The fourth-order valence-corrected chi connectivity index (χ4v) is 3.98. The second-order valence-electron chi connectivity index (χ2n) is 5.94. The highest BCUT2D eigenvalue weighted by atomic mass is 35.5.